The van der Waals surface area contributed by atoms with Crippen LogP contribution in [0.15, 0.2) is 18.2 Å². The summed E-state index contributed by atoms with van der Waals surface area (Å²) in [4.78, 5) is 11.0. The second-order valence-electron chi connectivity index (χ2n) is 5.39. The van der Waals surface area contributed by atoms with E-state index in [1.54, 1.807) is 19.1 Å². The maximum absolute atomic E-state index is 11.0. The lowest BCUT2D eigenvalue weighted by atomic mass is 9.93. The molecule has 3 nitrogen and oxygen atoms in total. The number of aromatic carboxylic acids is 1. The molecule has 0 fully saturated rings. The van der Waals surface area contributed by atoms with Crippen LogP contribution in [0.4, 0.5) is 0 Å². The third-order valence-electron chi connectivity index (χ3n) is 2.62. The van der Waals surface area contributed by atoms with Crippen LogP contribution in [0.3, 0.4) is 0 Å². The monoisotopic (exact) mass is 236 g/mol. The van der Waals surface area contributed by atoms with Crippen molar-refractivity contribution in [2.45, 2.75) is 34.1 Å². The molecule has 17 heavy (non-hydrogen) atoms. The fraction of sp³-hybridized carbons (Fsp3) is 0.500. The Kier molecular flexibility index (Phi) is 4.16. The van der Waals surface area contributed by atoms with Gasteiger partial charge in [-0.1, -0.05) is 26.8 Å². The molecule has 0 radical (unpaired) electrons. The molecule has 0 heterocycles. The van der Waals surface area contributed by atoms with E-state index in [-0.39, 0.29) is 5.41 Å². The van der Waals surface area contributed by atoms with Crippen LogP contribution >= 0.6 is 0 Å². The number of rotatable bonds is 4. The molecular weight excluding hydrogens is 216 g/mol. The third kappa shape index (κ3) is 4.10. The van der Waals surface area contributed by atoms with E-state index in [2.05, 4.69) is 20.8 Å². The minimum Gasteiger partial charge on any atom is -0.493 e. The molecule has 0 aliphatic heterocycles. The van der Waals surface area contributed by atoms with Gasteiger partial charge in [0, 0.05) is 5.56 Å². The van der Waals surface area contributed by atoms with E-state index < -0.39 is 5.97 Å². The van der Waals surface area contributed by atoms with Crippen LogP contribution in [0.2, 0.25) is 0 Å². The van der Waals surface area contributed by atoms with E-state index >= 15 is 0 Å². The highest BCUT2D eigenvalue weighted by Gasteiger charge is 2.13. The normalized spacial score (nSPS) is 11.3. The number of carboxylic acids is 1. The zero-order valence-electron chi connectivity index (χ0n) is 10.9. The molecule has 0 bridgehead atoms. The summed E-state index contributed by atoms with van der Waals surface area (Å²) in [6.07, 6.45) is 0.934. The van der Waals surface area contributed by atoms with Crippen molar-refractivity contribution in [3.63, 3.8) is 0 Å². The first kappa shape index (κ1) is 13.6. The minimum absolute atomic E-state index is 0.221. The van der Waals surface area contributed by atoms with Crippen LogP contribution in [-0.4, -0.2) is 17.7 Å². The van der Waals surface area contributed by atoms with Crippen molar-refractivity contribution in [1.29, 1.82) is 0 Å². The average Bonchev–Trinajstić information content (AvgIpc) is 2.18. The van der Waals surface area contributed by atoms with Gasteiger partial charge in [0.15, 0.2) is 0 Å². The van der Waals surface area contributed by atoms with Gasteiger partial charge in [-0.05, 0) is 30.9 Å². The summed E-state index contributed by atoms with van der Waals surface area (Å²) in [7, 11) is 0. The van der Waals surface area contributed by atoms with Gasteiger partial charge in [0.25, 0.3) is 0 Å². The molecule has 0 aliphatic rings. The standard InChI is InChI=1S/C14H20O3/c1-10-11(13(15)16)6-5-7-12(10)17-9-8-14(2,3)4/h5-7H,8-9H2,1-4H3,(H,15,16). The van der Waals surface area contributed by atoms with Crippen molar-refractivity contribution < 1.29 is 14.6 Å². The van der Waals surface area contributed by atoms with Crippen LogP contribution in [0.1, 0.15) is 43.1 Å². The summed E-state index contributed by atoms with van der Waals surface area (Å²) >= 11 is 0. The number of ether oxygens (including phenoxy) is 1. The Morgan fingerprint density at radius 3 is 2.53 bits per heavy atom. The topological polar surface area (TPSA) is 46.5 Å². The molecule has 0 amide bonds. The SMILES string of the molecule is Cc1c(OCCC(C)(C)C)cccc1C(=O)O. The van der Waals surface area contributed by atoms with Crippen molar-refractivity contribution in [3.8, 4) is 5.75 Å². The highest BCUT2D eigenvalue weighted by molar-refractivity contribution is 5.90. The summed E-state index contributed by atoms with van der Waals surface area (Å²) in [6.45, 7) is 8.83. The molecule has 1 aromatic rings. The lowest BCUT2D eigenvalue weighted by Gasteiger charge is -2.19. The number of benzene rings is 1. The molecular formula is C14H20O3. The molecule has 0 aromatic heterocycles. The van der Waals surface area contributed by atoms with E-state index in [4.69, 9.17) is 9.84 Å². The van der Waals surface area contributed by atoms with Gasteiger partial charge < -0.3 is 9.84 Å². The van der Waals surface area contributed by atoms with Gasteiger partial charge >= 0.3 is 5.97 Å². The summed E-state index contributed by atoms with van der Waals surface area (Å²) < 4.78 is 5.64. The van der Waals surface area contributed by atoms with Crippen LogP contribution in [0.25, 0.3) is 0 Å². The predicted molar refractivity (Wildman–Crippen MR) is 67.7 cm³/mol. The predicted octanol–water partition coefficient (Wildman–Crippen LogP) is 3.51. The summed E-state index contributed by atoms with van der Waals surface area (Å²) in [5.41, 5.74) is 1.21. The lowest BCUT2D eigenvalue weighted by Crippen LogP contribution is -2.12. The molecule has 1 rings (SSSR count). The molecule has 0 aliphatic carbocycles. The second kappa shape index (κ2) is 5.21. The fourth-order valence-electron chi connectivity index (χ4n) is 1.47. The maximum Gasteiger partial charge on any atom is 0.336 e. The van der Waals surface area contributed by atoms with Crippen molar-refractivity contribution >= 4 is 5.97 Å². The molecule has 0 unspecified atom stereocenters. The van der Waals surface area contributed by atoms with E-state index in [1.807, 2.05) is 6.07 Å². The van der Waals surface area contributed by atoms with Crippen LogP contribution < -0.4 is 4.74 Å². The fourth-order valence-corrected chi connectivity index (χ4v) is 1.47. The molecule has 0 atom stereocenters. The highest BCUT2D eigenvalue weighted by Crippen LogP contribution is 2.23. The van der Waals surface area contributed by atoms with Gasteiger partial charge in [0.05, 0.1) is 12.2 Å². The Morgan fingerprint density at radius 2 is 2.00 bits per heavy atom. The summed E-state index contributed by atoms with van der Waals surface area (Å²) in [5, 5.41) is 8.99. The Balaban J connectivity index is 2.72. The second-order valence-corrected chi connectivity index (χ2v) is 5.39. The molecule has 1 aromatic carbocycles. The van der Waals surface area contributed by atoms with Gasteiger partial charge in [0.2, 0.25) is 0 Å². The number of hydrogen-bond donors (Lipinski definition) is 1. The first-order chi connectivity index (χ1) is 7.81. The van der Waals surface area contributed by atoms with Crippen molar-refractivity contribution in [2.24, 2.45) is 5.41 Å². The Morgan fingerprint density at radius 1 is 1.35 bits per heavy atom. The van der Waals surface area contributed by atoms with Crippen LogP contribution in [-0.2, 0) is 0 Å². The molecule has 0 saturated heterocycles. The Bertz CT molecular complexity index is 402. The average molecular weight is 236 g/mol. The zero-order valence-corrected chi connectivity index (χ0v) is 10.9. The van der Waals surface area contributed by atoms with Gasteiger partial charge in [-0.15, -0.1) is 0 Å². The van der Waals surface area contributed by atoms with Crippen molar-refractivity contribution in [3.05, 3.63) is 29.3 Å². The molecule has 94 valence electrons. The quantitative estimate of drug-likeness (QED) is 0.870. The molecule has 0 spiro atoms. The van der Waals surface area contributed by atoms with Gasteiger partial charge in [-0.2, -0.15) is 0 Å². The highest BCUT2D eigenvalue weighted by atomic mass is 16.5. The van der Waals surface area contributed by atoms with Crippen LogP contribution in [0.5, 0.6) is 5.75 Å². The Labute approximate surface area is 102 Å². The Hall–Kier alpha value is -1.51. The first-order valence-electron chi connectivity index (χ1n) is 5.77. The summed E-state index contributed by atoms with van der Waals surface area (Å²) in [6, 6.07) is 5.11. The summed E-state index contributed by atoms with van der Waals surface area (Å²) in [5.74, 6) is -0.252. The smallest absolute Gasteiger partial charge is 0.336 e. The van der Waals surface area contributed by atoms with Gasteiger partial charge in [0.1, 0.15) is 5.75 Å². The zero-order chi connectivity index (χ0) is 13.1. The van der Waals surface area contributed by atoms with E-state index in [0.717, 1.165) is 6.42 Å². The number of carboxylic acid groups (broad SMARTS) is 1. The van der Waals surface area contributed by atoms with E-state index in [0.29, 0.717) is 23.5 Å². The van der Waals surface area contributed by atoms with Gasteiger partial charge in [-0.25, -0.2) is 4.79 Å². The van der Waals surface area contributed by atoms with Gasteiger partial charge in [-0.3, -0.25) is 0 Å². The third-order valence-corrected chi connectivity index (χ3v) is 2.62. The largest absolute Gasteiger partial charge is 0.493 e. The lowest BCUT2D eigenvalue weighted by molar-refractivity contribution is 0.0695. The molecule has 3 heteroatoms. The molecule has 1 N–H and O–H groups in total. The first-order valence-corrected chi connectivity index (χ1v) is 5.77. The maximum atomic E-state index is 11.0. The number of carbonyl (C=O) groups is 1. The van der Waals surface area contributed by atoms with Crippen molar-refractivity contribution in [1.82, 2.24) is 0 Å². The van der Waals surface area contributed by atoms with Crippen LogP contribution in [0, 0.1) is 12.3 Å². The minimum atomic E-state index is -0.913. The molecule has 0 saturated carbocycles. The van der Waals surface area contributed by atoms with Crippen molar-refractivity contribution in [2.75, 3.05) is 6.61 Å². The number of hydrogen-bond acceptors (Lipinski definition) is 2. The van der Waals surface area contributed by atoms with E-state index in [1.165, 1.54) is 0 Å². The van der Waals surface area contributed by atoms with E-state index in [9.17, 15) is 4.79 Å².